The molecule has 19 heavy (non-hydrogen) atoms. The molecule has 0 saturated carbocycles. The van der Waals surface area contributed by atoms with Crippen molar-refractivity contribution in [1.82, 2.24) is 9.55 Å². The summed E-state index contributed by atoms with van der Waals surface area (Å²) in [5.74, 6) is -0.976. The van der Waals surface area contributed by atoms with Crippen molar-refractivity contribution in [2.75, 3.05) is 0 Å². The van der Waals surface area contributed by atoms with Crippen molar-refractivity contribution in [2.24, 2.45) is 0 Å². The number of carbonyl (C=O) groups is 1. The third-order valence-electron chi connectivity index (χ3n) is 2.51. The molecule has 0 aliphatic heterocycles. The molecule has 2 rings (SSSR count). The van der Waals surface area contributed by atoms with Crippen molar-refractivity contribution in [2.45, 2.75) is 6.92 Å². The second-order valence-electron chi connectivity index (χ2n) is 3.80. The molecule has 0 spiro atoms. The first-order valence-electron chi connectivity index (χ1n) is 5.23. The molecule has 98 valence electrons. The van der Waals surface area contributed by atoms with Crippen molar-refractivity contribution >= 4 is 21.7 Å². The van der Waals surface area contributed by atoms with Gasteiger partial charge in [-0.3, -0.25) is 9.59 Å². The quantitative estimate of drug-likeness (QED) is 0.852. The monoisotopic (exact) mass is 326 g/mol. The summed E-state index contributed by atoms with van der Waals surface area (Å²) < 4.78 is 14.0. The van der Waals surface area contributed by atoms with Crippen molar-refractivity contribution in [3.05, 3.63) is 61.1 Å². The number of nitrogens with zero attached hydrogens (tertiary/aromatic N) is 1. The van der Waals surface area contributed by atoms with E-state index in [-0.39, 0.29) is 15.7 Å². The lowest BCUT2D eigenvalue weighted by Crippen LogP contribution is -2.36. The van der Waals surface area contributed by atoms with E-state index in [1.807, 2.05) is 0 Å². The van der Waals surface area contributed by atoms with Crippen LogP contribution in [0.3, 0.4) is 0 Å². The van der Waals surface area contributed by atoms with Crippen LogP contribution in [0, 0.1) is 5.82 Å². The lowest BCUT2D eigenvalue weighted by molar-refractivity contribution is 0.101. The Morgan fingerprint density at radius 1 is 1.37 bits per heavy atom. The number of hydrogen-bond acceptors (Lipinski definition) is 3. The molecule has 5 nitrogen and oxygen atoms in total. The fourth-order valence-electron chi connectivity index (χ4n) is 1.61. The van der Waals surface area contributed by atoms with Gasteiger partial charge in [-0.05, 0) is 41.1 Å². The molecule has 2 aromatic rings. The molecule has 1 heterocycles. The van der Waals surface area contributed by atoms with Gasteiger partial charge in [0.1, 0.15) is 5.82 Å². The topological polar surface area (TPSA) is 71.9 Å². The number of carbonyl (C=O) groups excluding carboxylic acids is 1. The second kappa shape index (κ2) is 4.93. The standard InChI is InChI=1S/C12H8BrFN2O3/c1-6(17)8-5-15-12(19)16(11(8)18)10-3-2-7(14)4-9(10)13/h2-5H,1H3,(H,15,19). The summed E-state index contributed by atoms with van der Waals surface area (Å²) in [7, 11) is 0. The van der Waals surface area contributed by atoms with Crippen molar-refractivity contribution < 1.29 is 9.18 Å². The van der Waals surface area contributed by atoms with Crippen LogP contribution in [-0.4, -0.2) is 15.3 Å². The minimum Gasteiger partial charge on any atom is -0.313 e. The maximum atomic E-state index is 13.0. The highest BCUT2D eigenvalue weighted by molar-refractivity contribution is 9.10. The fourth-order valence-corrected chi connectivity index (χ4v) is 2.13. The van der Waals surface area contributed by atoms with Crippen LogP contribution in [-0.2, 0) is 0 Å². The SMILES string of the molecule is CC(=O)c1c[nH]c(=O)n(-c2ccc(F)cc2Br)c1=O. The van der Waals surface area contributed by atoms with Crippen LogP contribution in [0.4, 0.5) is 4.39 Å². The Balaban J connectivity index is 2.82. The number of aromatic amines is 1. The number of aromatic nitrogens is 2. The minimum atomic E-state index is -0.747. The Bertz CT molecular complexity index is 779. The van der Waals surface area contributed by atoms with E-state index < -0.39 is 22.8 Å². The molecule has 1 N–H and O–H groups in total. The van der Waals surface area contributed by atoms with Crippen molar-refractivity contribution in [3.63, 3.8) is 0 Å². The Morgan fingerprint density at radius 2 is 2.05 bits per heavy atom. The molecular formula is C12H8BrFN2O3. The number of nitrogens with one attached hydrogen (secondary N) is 1. The zero-order valence-corrected chi connectivity index (χ0v) is 11.3. The van der Waals surface area contributed by atoms with Crippen LogP contribution >= 0.6 is 15.9 Å². The zero-order valence-electron chi connectivity index (χ0n) is 9.74. The Labute approximate surface area is 114 Å². The number of rotatable bonds is 2. The molecule has 0 bridgehead atoms. The molecule has 0 fully saturated rings. The second-order valence-corrected chi connectivity index (χ2v) is 4.65. The summed E-state index contributed by atoms with van der Waals surface area (Å²) in [6.45, 7) is 1.22. The van der Waals surface area contributed by atoms with Gasteiger partial charge in [0.2, 0.25) is 0 Å². The molecule has 1 aromatic carbocycles. The van der Waals surface area contributed by atoms with E-state index in [0.29, 0.717) is 0 Å². The van der Waals surface area contributed by atoms with Gasteiger partial charge < -0.3 is 4.98 Å². The molecule has 0 atom stereocenters. The highest BCUT2D eigenvalue weighted by Gasteiger charge is 2.14. The van der Waals surface area contributed by atoms with Crippen LogP contribution in [0.5, 0.6) is 0 Å². The maximum absolute atomic E-state index is 13.0. The van der Waals surface area contributed by atoms with Crippen molar-refractivity contribution in [3.8, 4) is 5.69 Å². The summed E-state index contributed by atoms with van der Waals surface area (Å²) in [6, 6.07) is 3.52. The van der Waals surface area contributed by atoms with Gasteiger partial charge >= 0.3 is 5.69 Å². The smallest absolute Gasteiger partial charge is 0.313 e. The number of hydrogen-bond donors (Lipinski definition) is 1. The average Bonchev–Trinajstić information content (AvgIpc) is 2.31. The first-order chi connectivity index (χ1) is 8.91. The van der Waals surface area contributed by atoms with Gasteiger partial charge in [-0.25, -0.2) is 13.8 Å². The molecule has 7 heteroatoms. The van der Waals surface area contributed by atoms with E-state index in [4.69, 9.17) is 0 Å². The van der Waals surface area contributed by atoms with Crippen molar-refractivity contribution in [1.29, 1.82) is 0 Å². The summed E-state index contributed by atoms with van der Waals surface area (Å²) in [5.41, 5.74) is -1.43. The number of halogens is 2. The normalized spacial score (nSPS) is 10.5. The summed E-state index contributed by atoms with van der Waals surface area (Å²) in [6.07, 6.45) is 1.07. The van der Waals surface area contributed by atoms with Crippen LogP contribution in [0.25, 0.3) is 5.69 Å². The first-order valence-corrected chi connectivity index (χ1v) is 6.02. The van der Waals surface area contributed by atoms with E-state index in [9.17, 15) is 18.8 Å². The van der Waals surface area contributed by atoms with Gasteiger partial charge in [0.05, 0.1) is 11.3 Å². The summed E-state index contributed by atoms with van der Waals surface area (Å²) in [4.78, 5) is 37.4. The van der Waals surface area contributed by atoms with Gasteiger partial charge in [-0.2, -0.15) is 0 Å². The Hall–Kier alpha value is -2.02. The number of Topliss-reactive ketones (excluding diaryl/α,β-unsaturated/α-hetero) is 1. The Morgan fingerprint density at radius 3 is 2.63 bits per heavy atom. The van der Waals surface area contributed by atoms with Crippen LogP contribution in [0.15, 0.2) is 38.5 Å². The molecule has 0 aliphatic rings. The Kier molecular flexibility index (Phi) is 3.48. The van der Waals surface area contributed by atoms with E-state index in [0.717, 1.165) is 22.9 Å². The fraction of sp³-hybridized carbons (Fsp3) is 0.0833. The van der Waals surface area contributed by atoms with E-state index in [2.05, 4.69) is 20.9 Å². The lowest BCUT2D eigenvalue weighted by Gasteiger charge is -2.07. The third-order valence-corrected chi connectivity index (χ3v) is 3.14. The minimum absolute atomic E-state index is 0.143. The molecule has 0 amide bonds. The third kappa shape index (κ3) is 2.41. The van der Waals surface area contributed by atoms with Crippen LogP contribution in [0.2, 0.25) is 0 Å². The number of ketones is 1. The maximum Gasteiger partial charge on any atom is 0.333 e. The highest BCUT2D eigenvalue weighted by Crippen LogP contribution is 2.19. The molecule has 1 aromatic heterocycles. The lowest BCUT2D eigenvalue weighted by atomic mass is 10.2. The van der Waals surface area contributed by atoms with Gasteiger partial charge in [0.15, 0.2) is 5.78 Å². The largest absolute Gasteiger partial charge is 0.333 e. The van der Waals surface area contributed by atoms with Gasteiger partial charge in [-0.15, -0.1) is 0 Å². The molecule has 0 saturated heterocycles. The number of H-pyrrole nitrogens is 1. The van der Waals surface area contributed by atoms with Gasteiger partial charge in [0, 0.05) is 10.7 Å². The van der Waals surface area contributed by atoms with E-state index in [1.54, 1.807) is 0 Å². The first kappa shape index (κ1) is 13.4. The van der Waals surface area contributed by atoms with E-state index in [1.165, 1.54) is 13.0 Å². The zero-order chi connectivity index (χ0) is 14.2. The molecule has 0 radical (unpaired) electrons. The summed E-state index contributed by atoms with van der Waals surface area (Å²) >= 11 is 3.08. The molecular weight excluding hydrogens is 319 g/mol. The summed E-state index contributed by atoms with van der Waals surface area (Å²) in [5, 5.41) is 0. The van der Waals surface area contributed by atoms with Crippen LogP contribution < -0.4 is 11.2 Å². The predicted octanol–water partition coefficient (Wildman–Crippen LogP) is 1.63. The molecule has 0 unspecified atom stereocenters. The van der Waals surface area contributed by atoms with Crippen LogP contribution in [0.1, 0.15) is 17.3 Å². The van der Waals surface area contributed by atoms with Gasteiger partial charge in [0.25, 0.3) is 5.56 Å². The number of benzene rings is 1. The van der Waals surface area contributed by atoms with Gasteiger partial charge in [-0.1, -0.05) is 0 Å². The predicted molar refractivity (Wildman–Crippen MR) is 70.3 cm³/mol. The van der Waals surface area contributed by atoms with E-state index >= 15 is 0 Å². The average molecular weight is 327 g/mol. The highest BCUT2D eigenvalue weighted by atomic mass is 79.9. The molecule has 0 aliphatic carbocycles.